The fraction of sp³-hybridized carbons (Fsp3) is 0.500. The lowest BCUT2D eigenvalue weighted by molar-refractivity contribution is 0.0555. The molecule has 1 atom stereocenters. The minimum atomic E-state index is -0.848. The molecule has 0 spiro atoms. The van der Waals surface area contributed by atoms with Crippen molar-refractivity contribution in [3.05, 3.63) is 30.3 Å². The number of benzene rings is 1. The number of rotatable bonds is 3. The first kappa shape index (κ1) is 12.9. The molecular formula is C14H21NO3. The summed E-state index contributed by atoms with van der Waals surface area (Å²) in [5, 5.41) is 9.28. The fourth-order valence-electron chi connectivity index (χ4n) is 1.50. The van der Waals surface area contributed by atoms with Gasteiger partial charge in [0.05, 0.1) is 12.6 Å². The highest BCUT2D eigenvalue weighted by Gasteiger charge is 2.26. The van der Waals surface area contributed by atoms with E-state index in [0.29, 0.717) is 5.69 Å². The first-order chi connectivity index (χ1) is 8.91. The Kier molecular flexibility index (Phi) is 4.20. The molecule has 0 saturated carbocycles. The van der Waals surface area contributed by atoms with Crippen molar-refractivity contribution in [2.24, 2.45) is 0 Å². The molecule has 0 unspecified atom stereocenters. The highest BCUT2D eigenvalue weighted by Crippen LogP contribution is 2.20. The second-order valence-corrected chi connectivity index (χ2v) is 4.86. The molecule has 100 valence electrons. The van der Waals surface area contributed by atoms with Gasteiger partial charge in [-0.15, -0.1) is 0 Å². The predicted octanol–water partition coefficient (Wildman–Crippen LogP) is 2.81. The third-order valence-corrected chi connectivity index (χ3v) is 2.30. The Morgan fingerprint density at radius 3 is 2.61 bits per heavy atom. The zero-order valence-electron chi connectivity index (χ0n) is 12.1. The zero-order valence-corrected chi connectivity index (χ0v) is 11.1. The molecule has 1 aromatic rings. The van der Waals surface area contributed by atoms with Crippen LogP contribution in [0.5, 0.6) is 0 Å². The Morgan fingerprint density at radius 1 is 1.50 bits per heavy atom. The van der Waals surface area contributed by atoms with Crippen molar-refractivity contribution >= 4 is 11.8 Å². The molecule has 1 aromatic carbocycles. The molecule has 4 nitrogen and oxygen atoms in total. The van der Waals surface area contributed by atoms with E-state index >= 15 is 0 Å². The molecule has 0 radical (unpaired) electrons. The largest absolute Gasteiger partial charge is 0.443 e. The second kappa shape index (κ2) is 5.87. The normalized spacial score (nSPS) is 13.7. The van der Waals surface area contributed by atoms with E-state index in [2.05, 4.69) is 0 Å². The van der Waals surface area contributed by atoms with Crippen LogP contribution >= 0.6 is 0 Å². The van der Waals surface area contributed by atoms with Gasteiger partial charge in [0.25, 0.3) is 0 Å². The van der Waals surface area contributed by atoms with Gasteiger partial charge in [-0.05, 0) is 39.8 Å². The zero-order chi connectivity index (χ0) is 14.5. The average Bonchev–Trinajstić information content (AvgIpc) is 2.39. The Bertz CT molecular complexity index is 408. The molecule has 0 bridgehead atoms. The van der Waals surface area contributed by atoms with Gasteiger partial charge >= 0.3 is 6.09 Å². The summed E-state index contributed by atoms with van der Waals surface area (Å²) in [6, 6.07) is 8.65. The first-order valence-electron chi connectivity index (χ1n) is 6.59. The van der Waals surface area contributed by atoms with Crippen molar-refractivity contribution in [3.8, 4) is 0 Å². The summed E-state index contributed by atoms with van der Waals surface area (Å²) >= 11 is 0. The summed E-state index contributed by atoms with van der Waals surface area (Å²) in [6.45, 7) is 4.93. The Hall–Kier alpha value is -1.55. The molecule has 0 aromatic heterocycles. The molecule has 0 fully saturated rings. The number of amides is 1. The first-order valence-corrected chi connectivity index (χ1v) is 5.88. The molecule has 1 N–H and O–H groups in total. The van der Waals surface area contributed by atoms with E-state index in [4.69, 9.17) is 6.11 Å². The third-order valence-electron chi connectivity index (χ3n) is 2.30. The number of nitrogens with zero attached hydrogens (tertiary/aromatic N) is 1. The van der Waals surface area contributed by atoms with Crippen LogP contribution < -0.4 is 4.90 Å². The van der Waals surface area contributed by atoms with Crippen molar-refractivity contribution in [2.75, 3.05) is 11.5 Å². The van der Waals surface area contributed by atoms with E-state index in [1.807, 2.05) is 18.2 Å². The second-order valence-electron chi connectivity index (χ2n) is 4.86. The van der Waals surface area contributed by atoms with Crippen LogP contribution in [0.3, 0.4) is 0 Å². The molecule has 0 aliphatic carbocycles. The van der Waals surface area contributed by atoms with Crippen LogP contribution in [-0.4, -0.2) is 29.4 Å². The van der Waals surface area contributed by atoms with Gasteiger partial charge in [-0.25, -0.2) is 4.79 Å². The maximum absolute atomic E-state index is 12.2. The maximum Gasteiger partial charge on any atom is 0.415 e. The summed E-state index contributed by atoms with van der Waals surface area (Å²) in [6.07, 6.45) is -0.551. The topological polar surface area (TPSA) is 49.8 Å². The van der Waals surface area contributed by atoms with Crippen LogP contribution in [0.1, 0.15) is 29.0 Å². The van der Waals surface area contributed by atoms with Gasteiger partial charge in [0.2, 0.25) is 0 Å². The van der Waals surface area contributed by atoms with Crippen LogP contribution in [0.4, 0.5) is 10.5 Å². The standard InChI is InChI=1S/C14H21NO3/c1-11(10-16)15(12-8-6-5-7-9-12)13(17)18-14(2,3)4/h5-9,11,16H,10H2,1-4H3/t11-/m0/s1/i2D. The SMILES string of the molecule is [2H]CC(C)(C)OC(=O)N(c1ccccc1)[C@@H](C)CO. The summed E-state index contributed by atoms with van der Waals surface area (Å²) in [5.41, 5.74) is -0.186. The van der Waals surface area contributed by atoms with E-state index in [9.17, 15) is 9.90 Å². The van der Waals surface area contributed by atoms with Crippen molar-refractivity contribution in [3.63, 3.8) is 0 Å². The smallest absolute Gasteiger partial charge is 0.415 e. The van der Waals surface area contributed by atoms with Gasteiger partial charge in [-0.2, -0.15) is 0 Å². The number of aliphatic hydroxyl groups excluding tert-OH is 1. The number of hydrogen-bond donors (Lipinski definition) is 1. The number of carbonyl (C=O) groups is 1. The number of hydrogen-bond acceptors (Lipinski definition) is 3. The highest BCUT2D eigenvalue weighted by atomic mass is 16.6. The van der Waals surface area contributed by atoms with Crippen LogP contribution in [0.25, 0.3) is 0 Å². The molecule has 4 heteroatoms. The van der Waals surface area contributed by atoms with Gasteiger partial charge in [0.1, 0.15) is 5.60 Å². The fourth-order valence-corrected chi connectivity index (χ4v) is 1.50. The van der Waals surface area contributed by atoms with E-state index < -0.39 is 17.7 Å². The van der Waals surface area contributed by atoms with E-state index in [1.165, 1.54) is 4.90 Å². The molecule has 1 amide bonds. The number of ether oxygens (including phenoxy) is 1. The number of aliphatic hydroxyl groups is 1. The van der Waals surface area contributed by atoms with Crippen molar-refractivity contribution < 1.29 is 16.0 Å². The summed E-state index contributed by atoms with van der Waals surface area (Å²) in [4.78, 5) is 13.6. The average molecular weight is 252 g/mol. The highest BCUT2D eigenvalue weighted by molar-refractivity contribution is 5.88. The number of carbonyl (C=O) groups excluding carboxylic acids is 1. The maximum atomic E-state index is 12.2. The van der Waals surface area contributed by atoms with Gasteiger partial charge in [-0.1, -0.05) is 18.2 Å². The van der Waals surface area contributed by atoms with Crippen LogP contribution in [0.2, 0.25) is 0 Å². The monoisotopic (exact) mass is 252 g/mol. The summed E-state index contributed by atoms with van der Waals surface area (Å²) in [5.74, 6) is 0. The van der Waals surface area contributed by atoms with Gasteiger partial charge in [0.15, 0.2) is 0 Å². The van der Waals surface area contributed by atoms with Crippen molar-refractivity contribution in [1.82, 2.24) is 0 Å². The predicted molar refractivity (Wildman–Crippen MR) is 71.7 cm³/mol. The molecule has 0 aliphatic heterocycles. The lowest BCUT2D eigenvalue weighted by Gasteiger charge is -2.30. The Morgan fingerprint density at radius 2 is 2.11 bits per heavy atom. The number of para-hydroxylation sites is 1. The lowest BCUT2D eigenvalue weighted by atomic mass is 10.2. The lowest BCUT2D eigenvalue weighted by Crippen LogP contribution is -2.44. The van der Waals surface area contributed by atoms with Gasteiger partial charge in [-0.3, -0.25) is 4.90 Å². The van der Waals surface area contributed by atoms with Crippen molar-refractivity contribution in [2.45, 2.75) is 39.3 Å². The van der Waals surface area contributed by atoms with E-state index in [-0.39, 0.29) is 13.5 Å². The Balaban J connectivity index is 2.96. The third kappa shape index (κ3) is 4.04. The molecule has 1 rings (SSSR count). The quantitative estimate of drug-likeness (QED) is 0.900. The van der Waals surface area contributed by atoms with Gasteiger partial charge < -0.3 is 9.84 Å². The molecule has 0 heterocycles. The van der Waals surface area contributed by atoms with Crippen LogP contribution in [0.15, 0.2) is 30.3 Å². The molecule has 0 aliphatic rings. The van der Waals surface area contributed by atoms with Crippen molar-refractivity contribution in [1.29, 1.82) is 0 Å². The summed E-state index contributed by atoms with van der Waals surface area (Å²) < 4.78 is 12.7. The van der Waals surface area contributed by atoms with E-state index in [0.717, 1.165) is 0 Å². The van der Waals surface area contributed by atoms with Gasteiger partial charge in [0, 0.05) is 7.06 Å². The van der Waals surface area contributed by atoms with E-state index in [1.54, 1.807) is 32.9 Å². The Labute approximate surface area is 110 Å². The molecule has 18 heavy (non-hydrogen) atoms. The summed E-state index contributed by atoms with van der Waals surface area (Å²) in [7, 11) is 0. The minimum Gasteiger partial charge on any atom is -0.443 e. The number of anilines is 1. The minimum absolute atomic E-state index is 0.0190. The van der Waals surface area contributed by atoms with Crippen LogP contribution in [0, 0.1) is 0 Å². The molecule has 0 saturated heterocycles. The molecular weight excluding hydrogens is 230 g/mol. The van der Waals surface area contributed by atoms with Crippen LogP contribution in [-0.2, 0) is 4.74 Å².